The van der Waals surface area contributed by atoms with Gasteiger partial charge in [-0.25, -0.2) is 4.79 Å². The molecule has 2 aromatic rings. The van der Waals surface area contributed by atoms with Gasteiger partial charge in [-0.05, 0) is 78.7 Å². The minimum Gasteiger partial charge on any atom is -0.458 e. The molecule has 0 saturated carbocycles. The normalized spacial score (nSPS) is 38.1. The Hall–Kier alpha value is -3.75. The summed E-state index contributed by atoms with van der Waals surface area (Å²) in [6.07, 6.45) is 1.12. The maximum atomic E-state index is 14.4. The fourth-order valence-corrected chi connectivity index (χ4v) is 8.73. The average molecular weight is 766 g/mol. The van der Waals surface area contributed by atoms with Crippen molar-refractivity contribution < 1.29 is 48.0 Å². The van der Waals surface area contributed by atoms with Gasteiger partial charge in [0.2, 0.25) is 0 Å². The Bertz CT molecular complexity index is 1750. The molecule has 4 heterocycles. The zero-order chi connectivity index (χ0) is 40.4. The van der Waals surface area contributed by atoms with E-state index in [-0.39, 0.29) is 37.4 Å². The van der Waals surface area contributed by atoms with Crippen molar-refractivity contribution in [3.8, 4) is 0 Å². The molecular weight excluding hydrogens is 706 g/mol. The molecule has 3 saturated heterocycles. The van der Waals surface area contributed by atoms with Gasteiger partial charge in [-0.2, -0.15) is 0 Å². The standard InChI is InChI=1S/C42H59N3O10/c1-11-32-42(8)36(44-40(50)55-42)25(4)33(46)23(2)21-41(7,51-18-14-15-28-20-29-16-12-13-17-30(29)43-22-28)37(26(5)34(47)27(6)38(49)53-32)54-39-35(48)31(45(9)10)19-24(3)52-39/h12-17,20,22-27,31-32,35-37,39,48H,11,18-19,21H2,1-10H3,(H,44,50)/b15-14+/t23-,24-,25+,26+,27-,31+,32-,35-,36?,37-,39+,41+,42-/m1/s1. The summed E-state index contributed by atoms with van der Waals surface area (Å²) >= 11 is 0. The molecule has 1 amide bonds. The molecule has 3 aliphatic heterocycles. The number of alkyl carbamates (subject to hydrolysis) is 1. The number of benzene rings is 1. The number of pyridine rings is 1. The molecule has 0 radical (unpaired) electrons. The average Bonchev–Trinajstić information content (AvgIpc) is 3.47. The number of aliphatic hydroxyl groups is 1. The first-order chi connectivity index (χ1) is 25.9. The van der Waals surface area contributed by atoms with Crippen LogP contribution in [0.25, 0.3) is 17.0 Å². The molecule has 2 N–H and O–H groups in total. The molecule has 0 spiro atoms. The highest BCUT2D eigenvalue weighted by atomic mass is 16.7. The minimum absolute atomic E-state index is 0.0612. The van der Waals surface area contributed by atoms with Crippen molar-refractivity contribution in [3.05, 3.63) is 48.2 Å². The van der Waals surface area contributed by atoms with Crippen LogP contribution in [0.5, 0.6) is 0 Å². The number of ether oxygens (including phenoxy) is 5. The molecule has 13 atom stereocenters. The Labute approximate surface area is 324 Å². The van der Waals surface area contributed by atoms with Crippen LogP contribution < -0.4 is 5.32 Å². The maximum absolute atomic E-state index is 14.4. The summed E-state index contributed by atoms with van der Waals surface area (Å²) in [5, 5.41) is 15.4. The van der Waals surface area contributed by atoms with Gasteiger partial charge in [0.05, 0.1) is 36.0 Å². The third kappa shape index (κ3) is 8.96. The number of nitrogens with one attached hydrogen (secondary N) is 1. The van der Waals surface area contributed by atoms with Crippen LogP contribution in [0.3, 0.4) is 0 Å². The molecular formula is C42H59N3O10. The van der Waals surface area contributed by atoms with Gasteiger partial charge in [0, 0.05) is 35.4 Å². The smallest absolute Gasteiger partial charge is 0.408 e. The number of para-hydroxylation sites is 1. The van der Waals surface area contributed by atoms with E-state index in [1.807, 2.05) is 68.4 Å². The summed E-state index contributed by atoms with van der Waals surface area (Å²) in [4.78, 5) is 61.8. The fraction of sp³-hybridized carbons (Fsp3) is 0.643. The van der Waals surface area contributed by atoms with Crippen LogP contribution >= 0.6 is 0 Å². The second-order valence-electron chi connectivity index (χ2n) is 16.4. The van der Waals surface area contributed by atoms with Gasteiger partial charge in [0.1, 0.15) is 23.9 Å². The topological polar surface area (TPSA) is 163 Å². The maximum Gasteiger partial charge on any atom is 0.408 e. The number of nitrogens with zero attached hydrogens (tertiary/aromatic N) is 2. The van der Waals surface area contributed by atoms with Crippen LogP contribution in [0.15, 0.2) is 42.6 Å². The molecule has 0 bridgehead atoms. The number of rotatable bonds is 8. The fourth-order valence-electron chi connectivity index (χ4n) is 8.73. The molecule has 3 aliphatic rings. The molecule has 5 rings (SSSR count). The lowest BCUT2D eigenvalue weighted by Crippen LogP contribution is -2.60. The summed E-state index contributed by atoms with van der Waals surface area (Å²) in [5.41, 5.74) is -1.00. The highest BCUT2D eigenvalue weighted by molar-refractivity contribution is 6.00. The molecule has 0 aliphatic carbocycles. The van der Waals surface area contributed by atoms with E-state index in [4.69, 9.17) is 23.7 Å². The summed E-state index contributed by atoms with van der Waals surface area (Å²) in [5.74, 6) is -5.12. The lowest BCUT2D eigenvalue weighted by molar-refractivity contribution is -0.296. The number of cyclic esters (lactones) is 1. The van der Waals surface area contributed by atoms with Crippen molar-refractivity contribution >= 4 is 40.6 Å². The number of aliphatic hydroxyl groups excluding tert-OH is 1. The zero-order valence-electron chi connectivity index (χ0n) is 33.8. The van der Waals surface area contributed by atoms with Crippen molar-refractivity contribution in [2.45, 2.75) is 129 Å². The Kier molecular flexibility index (Phi) is 13.2. The summed E-state index contributed by atoms with van der Waals surface area (Å²) < 4.78 is 31.4. The van der Waals surface area contributed by atoms with E-state index in [2.05, 4.69) is 10.3 Å². The SMILES string of the molecule is CC[C@H]1OC(=O)[C@H](C)C(=O)[C@H](C)[C@@H](O[C@@H]2O[C@H](C)C[C@H](N(C)C)[C@H]2O)[C@@](C)(OC/C=C/c2cnc3ccccc3c2)C[C@@H](C)C(=O)[C@H](C)C2NC(=O)O[C@@]21C. The highest BCUT2D eigenvalue weighted by Crippen LogP contribution is 2.40. The van der Waals surface area contributed by atoms with Crippen LogP contribution in [0, 0.1) is 23.7 Å². The van der Waals surface area contributed by atoms with E-state index in [9.17, 15) is 24.3 Å². The van der Waals surface area contributed by atoms with E-state index >= 15 is 0 Å². The first-order valence-corrected chi connectivity index (χ1v) is 19.5. The van der Waals surface area contributed by atoms with Crippen molar-refractivity contribution in [1.29, 1.82) is 0 Å². The third-order valence-corrected chi connectivity index (χ3v) is 11.9. The van der Waals surface area contributed by atoms with Gasteiger partial charge >= 0.3 is 12.1 Å². The van der Waals surface area contributed by atoms with E-state index in [1.54, 1.807) is 47.7 Å². The second kappa shape index (κ2) is 17.2. The number of hydrogen-bond donors (Lipinski definition) is 2. The van der Waals surface area contributed by atoms with Crippen LogP contribution in [0.4, 0.5) is 4.79 Å². The molecule has 55 heavy (non-hydrogen) atoms. The Morgan fingerprint density at radius 2 is 1.75 bits per heavy atom. The molecule has 3 fully saturated rings. The molecule has 13 nitrogen and oxygen atoms in total. The number of Topliss-reactive ketones (excluding diaryl/α,β-unsaturated/α-hetero) is 2. The number of carbonyl (C=O) groups is 4. The molecule has 13 heteroatoms. The first kappa shape index (κ1) is 42.4. The van der Waals surface area contributed by atoms with Crippen LogP contribution in [0.1, 0.15) is 80.2 Å². The van der Waals surface area contributed by atoms with Gasteiger partial charge in [-0.3, -0.25) is 19.4 Å². The Morgan fingerprint density at radius 3 is 2.44 bits per heavy atom. The zero-order valence-corrected chi connectivity index (χ0v) is 33.8. The lowest BCUT2D eigenvalue weighted by atomic mass is 9.73. The molecule has 1 aromatic heterocycles. The van der Waals surface area contributed by atoms with Gasteiger partial charge in [0.15, 0.2) is 17.7 Å². The number of hydrogen-bond acceptors (Lipinski definition) is 12. The summed E-state index contributed by atoms with van der Waals surface area (Å²) in [6.45, 7) is 13.8. The van der Waals surface area contributed by atoms with Crippen molar-refractivity contribution in [2.75, 3.05) is 20.7 Å². The Morgan fingerprint density at radius 1 is 1.04 bits per heavy atom. The van der Waals surface area contributed by atoms with Crippen molar-refractivity contribution in [2.24, 2.45) is 23.7 Å². The number of likely N-dealkylation sites (N-methyl/N-ethyl adjacent to an activating group) is 1. The summed E-state index contributed by atoms with van der Waals surface area (Å²) in [6, 6.07) is 8.70. The quantitative estimate of drug-likeness (QED) is 0.270. The predicted octanol–water partition coefficient (Wildman–Crippen LogP) is 5.11. The van der Waals surface area contributed by atoms with Crippen LogP contribution in [0.2, 0.25) is 0 Å². The van der Waals surface area contributed by atoms with Gasteiger partial charge in [-0.1, -0.05) is 58.0 Å². The Balaban J connectivity index is 1.56. The van der Waals surface area contributed by atoms with Gasteiger partial charge < -0.3 is 39.0 Å². The van der Waals surface area contributed by atoms with E-state index in [0.717, 1.165) is 16.5 Å². The van der Waals surface area contributed by atoms with Crippen LogP contribution in [-0.4, -0.2) is 113 Å². The highest BCUT2D eigenvalue weighted by Gasteiger charge is 2.57. The molecule has 1 unspecified atom stereocenters. The second-order valence-corrected chi connectivity index (χ2v) is 16.4. The minimum atomic E-state index is -1.38. The molecule has 1 aromatic carbocycles. The van der Waals surface area contributed by atoms with Crippen molar-refractivity contribution in [3.63, 3.8) is 0 Å². The third-order valence-electron chi connectivity index (χ3n) is 11.9. The van der Waals surface area contributed by atoms with E-state index < -0.39 is 83.4 Å². The van der Waals surface area contributed by atoms with Crippen molar-refractivity contribution in [1.82, 2.24) is 15.2 Å². The van der Waals surface area contributed by atoms with Gasteiger partial charge in [0.25, 0.3) is 0 Å². The number of amides is 1. The number of carbonyl (C=O) groups excluding carboxylic acids is 4. The summed E-state index contributed by atoms with van der Waals surface area (Å²) in [7, 11) is 3.74. The van der Waals surface area contributed by atoms with E-state index in [1.165, 1.54) is 6.92 Å². The predicted molar refractivity (Wildman–Crippen MR) is 206 cm³/mol. The number of fused-ring (bicyclic) bond motifs is 2. The van der Waals surface area contributed by atoms with Gasteiger partial charge in [-0.15, -0.1) is 0 Å². The molecule has 302 valence electrons. The number of aromatic nitrogens is 1. The monoisotopic (exact) mass is 765 g/mol. The first-order valence-electron chi connectivity index (χ1n) is 19.5. The largest absolute Gasteiger partial charge is 0.458 e. The number of esters is 1. The van der Waals surface area contributed by atoms with Crippen LogP contribution in [-0.2, 0) is 38.1 Å². The lowest BCUT2D eigenvalue weighted by Gasteiger charge is -2.47. The van der Waals surface area contributed by atoms with E-state index in [0.29, 0.717) is 6.42 Å². The number of ketones is 2.